The molecule has 3 heterocycles. The third-order valence-electron chi connectivity index (χ3n) is 6.64. The summed E-state index contributed by atoms with van der Waals surface area (Å²) >= 11 is 1.48. The Bertz CT molecular complexity index is 702. The monoisotopic (exact) mass is 578 g/mol. The summed E-state index contributed by atoms with van der Waals surface area (Å²) in [6.45, 7) is -2.01. The molecule has 3 fully saturated rings. The van der Waals surface area contributed by atoms with E-state index in [1.165, 1.54) is 11.8 Å². The fourth-order valence-corrected chi connectivity index (χ4v) is 4.69. The number of rotatable bonds is 11. The van der Waals surface area contributed by atoms with Gasteiger partial charge in [-0.2, -0.15) is 11.8 Å². The van der Waals surface area contributed by atoms with E-state index in [1.54, 1.807) is 0 Å². The summed E-state index contributed by atoms with van der Waals surface area (Å²) in [5.74, 6) is 0.585. The summed E-state index contributed by atoms with van der Waals surface area (Å²) in [5, 5.41) is 102. The number of thioether (sulfide) groups is 1. The Morgan fingerprint density at radius 2 is 0.974 bits per heavy atom. The van der Waals surface area contributed by atoms with E-state index in [-0.39, 0.29) is 6.61 Å². The Morgan fingerprint density at radius 1 is 0.553 bits per heavy atom. The topological polar surface area (TPSA) is 258 Å². The van der Waals surface area contributed by atoms with Gasteiger partial charge in [-0.1, -0.05) is 0 Å². The first kappa shape index (κ1) is 32.2. The zero-order valence-corrected chi connectivity index (χ0v) is 21.3. The highest BCUT2D eigenvalue weighted by Gasteiger charge is 2.53. The summed E-state index contributed by atoms with van der Waals surface area (Å²) in [6, 6.07) is 0. The van der Waals surface area contributed by atoms with Crippen molar-refractivity contribution in [2.75, 3.05) is 38.4 Å². The van der Waals surface area contributed by atoms with Crippen LogP contribution in [0.15, 0.2) is 0 Å². The lowest BCUT2D eigenvalue weighted by Gasteiger charge is -2.48. The molecule has 15 atom stereocenters. The second kappa shape index (κ2) is 14.6. The van der Waals surface area contributed by atoms with Crippen molar-refractivity contribution >= 4 is 11.8 Å². The number of ether oxygens (including phenoxy) is 6. The first-order chi connectivity index (χ1) is 18.1. The minimum absolute atomic E-state index is 0.198. The van der Waals surface area contributed by atoms with Gasteiger partial charge in [0.1, 0.15) is 73.2 Å². The van der Waals surface area contributed by atoms with Gasteiger partial charge in [-0.15, -0.1) is 0 Å². The van der Waals surface area contributed by atoms with Gasteiger partial charge >= 0.3 is 0 Å². The molecule has 3 saturated heterocycles. The van der Waals surface area contributed by atoms with E-state index in [0.717, 1.165) is 0 Å². The van der Waals surface area contributed by atoms with Crippen LogP contribution in [0.2, 0.25) is 0 Å². The van der Waals surface area contributed by atoms with E-state index >= 15 is 0 Å². The molecule has 0 radical (unpaired) electrons. The van der Waals surface area contributed by atoms with Gasteiger partial charge < -0.3 is 79.5 Å². The van der Waals surface area contributed by atoms with Gasteiger partial charge in [-0.25, -0.2) is 0 Å². The van der Waals surface area contributed by atoms with Crippen LogP contribution in [-0.2, 0) is 28.4 Å². The Balaban J connectivity index is 1.68. The number of hydrogen-bond donors (Lipinski definition) is 10. The van der Waals surface area contributed by atoms with Crippen LogP contribution in [0, 0.1) is 0 Å². The summed E-state index contributed by atoms with van der Waals surface area (Å²) in [7, 11) is 0. The van der Waals surface area contributed by atoms with E-state index in [9.17, 15) is 51.1 Å². The van der Waals surface area contributed by atoms with Crippen LogP contribution in [0.1, 0.15) is 0 Å². The Morgan fingerprint density at radius 3 is 1.45 bits per heavy atom. The maximum Gasteiger partial charge on any atom is 0.187 e. The van der Waals surface area contributed by atoms with Crippen molar-refractivity contribution in [1.29, 1.82) is 0 Å². The van der Waals surface area contributed by atoms with Crippen LogP contribution in [-0.4, -0.2) is 182 Å². The van der Waals surface area contributed by atoms with E-state index in [4.69, 9.17) is 28.4 Å². The van der Waals surface area contributed by atoms with Gasteiger partial charge in [0.2, 0.25) is 0 Å². The zero-order valence-electron chi connectivity index (χ0n) is 20.5. The number of aliphatic hydroxyl groups is 10. The van der Waals surface area contributed by atoms with Crippen molar-refractivity contribution in [3.8, 4) is 0 Å². The minimum atomic E-state index is -1.88. The second-order valence-electron chi connectivity index (χ2n) is 9.18. The van der Waals surface area contributed by atoms with Gasteiger partial charge in [-0.05, 0) is 6.26 Å². The molecule has 224 valence electrons. The molecule has 0 bridgehead atoms. The van der Waals surface area contributed by atoms with E-state index in [2.05, 4.69) is 0 Å². The van der Waals surface area contributed by atoms with Gasteiger partial charge in [0, 0.05) is 5.75 Å². The average Bonchev–Trinajstić information content (AvgIpc) is 2.91. The average molecular weight is 579 g/mol. The molecular weight excluding hydrogens is 540 g/mol. The highest BCUT2D eigenvalue weighted by Crippen LogP contribution is 2.32. The van der Waals surface area contributed by atoms with Crippen molar-refractivity contribution in [1.82, 2.24) is 0 Å². The van der Waals surface area contributed by atoms with Crippen LogP contribution in [0.4, 0.5) is 0 Å². The fourth-order valence-electron chi connectivity index (χ4n) is 4.43. The lowest BCUT2D eigenvalue weighted by Crippen LogP contribution is -2.66. The lowest BCUT2D eigenvalue weighted by molar-refractivity contribution is -0.379. The smallest absolute Gasteiger partial charge is 0.187 e. The predicted molar refractivity (Wildman–Crippen MR) is 123 cm³/mol. The molecule has 38 heavy (non-hydrogen) atoms. The molecule has 0 saturated carbocycles. The van der Waals surface area contributed by atoms with Crippen molar-refractivity contribution in [3.63, 3.8) is 0 Å². The highest BCUT2D eigenvalue weighted by atomic mass is 32.2. The van der Waals surface area contributed by atoms with Crippen molar-refractivity contribution in [2.24, 2.45) is 0 Å². The zero-order chi connectivity index (χ0) is 28.1. The molecule has 0 aromatic rings. The number of aliphatic hydroxyl groups excluding tert-OH is 10. The summed E-state index contributed by atoms with van der Waals surface area (Å²) in [5.41, 5.74) is 0. The summed E-state index contributed by atoms with van der Waals surface area (Å²) < 4.78 is 32.8. The Kier molecular flexibility index (Phi) is 12.3. The lowest BCUT2D eigenvalue weighted by atomic mass is 9.96. The molecule has 3 rings (SSSR count). The molecule has 0 aliphatic carbocycles. The molecule has 16 nitrogen and oxygen atoms in total. The normalized spacial score (nSPS) is 48.2. The van der Waals surface area contributed by atoms with Gasteiger partial charge in [0.15, 0.2) is 18.9 Å². The van der Waals surface area contributed by atoms with Gasteiger partial charge in [0.05, 0.1) is 26.4 Å². The molecule has 17 heteroatoms. The maximum absolute atomic E-state index is 10.7. The summed E-state index contributed by atoms with van der Waals surface area (Å²) in [4.78, 5) is 0. The van der Waals surface area contributed by atoms with Gasteiger partial charge in [-0.3, -0.25) is 0 Å². The number of hydrogen-bond acceptors (Lipinski definition) is 17. The van der Waals surface area contributed by atoms with Crippen molar-refractivity contribution in [2.45, 2.75) is 92.1 Å². The first-order valence-corrected chi connectivity index (χ1v) is 13.5. The first-order valence-electron chi connectivity index (χ1n) is 12.1. The van der Waals surface area contributed by atoms with Crippen LogP contribution in [0.3, 0.4) is 0 Å². The third-order valence-corrected chi connectivity index (χ3v) is 7.22. The Labute approximate surface area is 222 Å². The van der Waals surface area contributed by atoms with E-state index in [1.807, 2.05) is 6.26 Å². The van der Waals surface area contributed by atoms with E-state index in [0.29, 0.717) is 5.75 Å². The highest BCUT2D eigenvalue weighted by molar-refractivity contribution is 7.98. The van der Waals surface area contributed by atoms with E-state index < -0.39 is 112 Å². The minimum Gasteiger partial charge on any atom is -0.394 e. The van der Waals surface area contributed by atoms with Crippen molar-refractivity contribution < 1.29 is 79.5 Å². The van der Waals surface area contributed by atoms with Crippen LogP contribution >= 0.6 is 11.8 Å². The molecule has 0 aromatic carbocycles. The molecule has 10 N–H and O–H groups in total. The third kappa shape index (κ3) is 6.94. The van der Waals surface area contributed by atoms with Gasteiger partial charge in [0.25, 0.3) is 0 Å². The van der Waals surface area contributed by atoms with Crippen LogP contribution < -0.4 is 0 Å². The summed E-state index contributed by atoms with van der Waals surface area (Å²) in [6.07, 6.45) is -22.0. The molecule has 3 aliphatic rings. The van der Waals surface area contributed by atoms with Crippen LogP contribution in [0.5, 0.6) is 0 Å². The van der Waals surface area contributed by atoms with Crippen LogP contribution in [0.25, 0.3) is 0 Å². The molecule has 0 aromatic heterocycles. The maximum atomic E-state index is 10.7. The molecule has 0 amide bonds. The quantitative estimate of drug-likeness (QED) is 0.102. The molecular formula is C21H38O16S. The second-order valence-corrected chi connectivity index (χ2v) is 10.2. The molecule has 0 spiro atoms. The Hall–Kier alpha value is -0.290. The predicted octanol–water partition coefficient (Wildman–Crippen LogP) is -6.19. The largest absolute Gasteiger partial charge is 0.394 e. The molecule has 15 unspecified atom stereocenters. The van der Waals surface area contributed by atoms with Crippen molar-refractivity contribution in [3.05, 3.63) is 0 Å². The SMILES string of the molecule is CSCCOC1OC(CO)C(OC2OC(CO)C(OC3OC(CO)C(O)C(O)C3O)C(O)C2O)C(O)C1O. The molecule has 3 aliphatic heterocycles. The standard InChI is InChI=1S/C21H38O16S/c1-38-3-2-32-19-15(30)12(27)17(8(5-23)34-19)37-21-16(31)13(28)18(9(6-24)35-21)36-20-14(29)11(26)10(25)7(4-22)33-20/h7-31H,2-6H2,1H3. The fraction of sp³-hybridized carbons (Fsp3) is 1.00.